The van der Waals surface area contributed by atoms with Crippen molar-refractivity contribution in [1.29, 1.82) is 0 Å². The maximum absolute atomic E-state index is 12.8. The summed E-state index contributed by atoms with van der Waals surface area (Å²) in [6, 6.07) is 5.21. The summed E-state index contributed by atoms with van der Waals surface area (Å²) in [4.78, 5) is 50.0. The van der Waals surface area contributed by atoms with Crippen molar-refractivity contribution in [3.63, 3.8) is 0 Å². The molecule has 3 atom stereocenters. The molecule has 0 aliphatic carbocycles. The van der Waals surface area contributed by atoms with Gasteiger partial charge >= 0.3 is 0 Å². The molecule has 0 bridgehead atoms. The third kappa shape index (κ3) is 3.45. The number of imide groups is 2. The Morgan fingerprint density at radius 2 is 1.86 bits per heavy atom. The Balaban J connectivity index is 1.46. The molecule has 0 saturated carbocycles. The number of carbonyl (C=O) groups is 4. The first-order chi connectivity index (χ1) is 13.4. The molecule has 3 aliphatic heterocycles. The van der Waals surface area contributed by atoms with Gasteiger partial charge < -0.3 is 10.6 Å². The topological polar surface area (TPSA) is 108 Å². The lowest BCUT2D eigenvalue weighted by Crippen LogP contribution is -2.54. The first-order valence-corrected chi connectivity index (χ1v) is 9.75. The van der Waals surface area contributed by atoms with Crippen LogP contribution in [0.5, 0.6) is 0 Å². The Morgan fingerprint density at radius 1 is 1.07 bits per heavy atom. The number of amides is 4. The lowest BCUT2D eigenvalue weighted by molar-refractivity contribution is -0.136. The number of piperidine rings is 2. The van der Waals surface area contributed by atoms with Gasteiger partial charge in [0.05, 0.1) is 11.1 Å². The van der Waals surface area contributed by atoms with Crippen LogP contribution in [0.2, 0.25) is 0 Å². The molecular weight excluding hydrogens is 360 g/mol. The fourth-order valence-corrected chi connectivity index (χ4v) is 4.06. The van der Waals surface area contributed by atoms with Gasteiger partial charge in [0.1, 0.15) is 6.04 Å². The molecule has 148 valence electrons. The van der Waals surface area contributed by atoms with E-state index in [0.717, 1.165) is 29.8 Å². The van der Waals surface area contributed by atoms with E-state index in [0.29, 0.717) is 29.8 Å². The van der Waals surface area contributed by atoms with Gasteiger partial charge in [-0.15, -0.1) is 0 Å². The van der Waals surface area contributed by atoms with Gasteiger partial charge in [0.25, 0.3) is 11.8 Å². The highest BCUT2D eigenvalue weighted by Crippen LogP contribution is 2.28. The lowest BCUT2D eigenvalue weighted by atomic mass is 10.0. The molecular formula is C20H24N4O4. The maximum atomic E-state index is 12.8. The van der Waals surface area contributed by atoms with Gasteiger partial charge in [0.15, 0.2) is 0 Å². The fourth-order valence-electron chi connectivity index (χ4n) is 4.06. The predicted molar refractivity (Wildman–Crippen MR) is 100 cm³/mol. The molecule has 3 heterocycles. The van der Waals surface area contributed by atoms with Gasteiger partial charge in [-0.1, -0.05) is 6.07 Å². The summed E-state index contributed by atoms with van der Waals surface area (Å²) in [7, 11) is 0. The minimum Gasteiger partial charge on any atom is -0.313 e. The molecule has 3 aliphatic rings. The molecule has 1 aromatic carbocycles. The Kier molecular flexibility index (Phi) is 4.99. The van der Waals surface area contributed by atoms with Crippen LogP contribution in [0, 0.1) is 0 Å². The van der Waals surface area contributed by atoms with E-state index in [2.05, 4.69) is 22.9 Å². The quantitative estimate of drug-likeness (QED) is 0.646. The molecule has 28 heavy (non-hydrogen) atoms. The summed E-state index contributed by atoms with van der Waals surface area (Å²) in [5.41, 5.74) is 1.56. The Labute approximate surface area is 163 Å². The number of nitrogens with one attached hydrogen (secondary N) is 3. The summed E-state index contributed by atoms with van der Waals surface area (Å²) < 4.78 is 0. The zero-order chi connectivity index (χ0) is 19.8. The van der Waals surface area contributed by atoms with E-state index < -0.39 is 23.8 Å². The summed E-state index contributed by atoms with van der Waals surface area (Å²) in [5, 5.41) is 9.14. The third-order valence-electron chi connectivity index (χ3n) is 5.76. The van der Waals surface area contributed by atoms with Crippen LogP contribution >= 0.6 is 0 Å². The second kappa shape index (κ2) is 7.44. The van der Waals surface area contributed by atoms with Crippen molar-refractivity contribution in [2.75, 3.05) is 6.54 Å². The number of carbonyl (C=O) groups excluding carboxylic acids is 4. The second-order valence-corrected chi connectivity index (χ2v) is 7.79. The Bertz CT molecular complexity index is 845. The van der Waals surface area contributed by atoms with Crippen molar-refractivity contribution < 1.29 is 19.2 Å². The predicted octanol–water partition coefficient (Wildman–Crippen LogP) is 0.318. The van der Waals surface area contributed by atoms with Crippen molar-refractivity contribution >= 4 is 23.6 Å². The number of benzene rings is 1. The highest BCUT2D eigenvalue weighted by molar-refractivity contribution is 6.23. The standard InChI is InChI=1S/C20H24N4O4/c1-11-2-4-13(10-21-11)22-9-12-3-5-14-15(8-12)20(28)24(19(14)27)16-6-7-17(25)23-18(16)26/h3,5,8,11,13,16,21-22H,2,4,6-7,9-10H2,1H3,(H,23,25,26). The van der Waals surface area contributed by atoms with Gasteiger partial charge in [-0.3, -0.25) is 29.4 Å². The van der Waals surface area contributed by atoms with E-state index in [1.54, 1.807) is 12.1 Å². The van der Waals surface area contributed by atoms with Gasteiger partial charge in [0.2, 0.25) is 11.8 Å². The largest absolute Gasteiger partial charge is 0.313 e. The summed E-state index contributed by atoms with van der Waals surface area (Å²) in [5.74, 6) is -1.91. The molecule has 2 saturated heterocycles. The van der Waals surface area contributed by atoms with E-state index >= 15 is 0 Å². The van der Waals surface area contributed by atoms with Crippen molar-refractivity contribution in [1.82, 2.24) is 20.9 Å². The Hall–Kier alpha value is -2.58. The molecule has 4 amide bonds. The molecule has 0 aromatic heterocycles. The van der Waals surface area contributed by atoms with Crippen molar-refractivity contribution in [2.24, 2.45) is 0 Å². The maximum Gasteiger partial charge on any atom is 0.262 e. The van der Waals surface area contributed by atoms with Crippen molar-refractivity contribution in [3.8, 4) is 0 Å². The first-order valence-electron chi connectivity index (χ1n) is 9.75. The average Bonchev–Trinajstić information content (AvgIpc) is 2.92. The molecule has 3 N–H and O–H groups in total. The van der Waals surface area contributed by atoms with Crippen LogP contribution in [0.25, 0.3) is 0 Å². The van der Waals surface area contributed by atoms with Gasteiger partial charge in [-0.25, -0.2) is 0 Å². The van der Waals surface area contributed by atoms with Crippen LogP contribution in [0.4, 0.5) is 0 Å². The van der Waals surface area contributed by atoms with Crippen molar-refractivity contribution in [2.45, 2.75) is 57.3 Å². The lowest BCUT2D eigenvalue weighted by Gasteiger charge is -2.28. The summed E-state index contributed by atoms with van der Waals surface area (Å²) in [6.07, 6.45) is 2.50. The number of rotatable bonds is 4. The van der Waals surface area contributed by atoms with Crippen LogP contribution in [-0.4, -0.2) is 53.2 Å². The highest BCUT2D eigenvalue weighted by atomic mass is 16.2. The minimum atomic E-state index is -0.929. The van der Waals surface area contributed by atoms with Crippen LogP contribution in [0.3, 0.4) is 0 Å². The van der Waals surface area contributed by atoms with Gasteiger partial charge in [-0.05, 0) is 43.9 Å². The smallest absolute Gasteiger partial charge is 0.262 e. The minimum absolute atomic E-state index is 0.118. The van der Waals surface area contributed by atoms with Gasteiger partial charge in [0, 0.05) is 31.6 Å². The third-order valence-corrected chi connectivity index (χ3v) is 5.76. The monoisotopic (exact) mass is 384 g/mol. The van der Waals surface area contributed by atoms with Crippen LogP contribution < -0.4 is 16.0 Å². The van der Waals surface area contributed by atoms with Gasteiger partial charge in [-0.2, -0.15) is 0 Å². The molecule has 4 rings (SSSR count). The fraction of sp³-hybridized carbons (Fsp3) is 0.500. The molecule has 8 nitrogen and oxygen atoms in total. The molecule has 3 unspecified atom stereocenters. The van der Waals surface area contributed by atoms with Crippen LogP contribution in [0.1, 0.15) is 58.9 Å². The van der Waals surface area contributed by atoms with E-state index in [1.807, 2.05) is 6.07 Å². The molecule has 8 heteroatoms. The Morgan fingerprint density at radius 3 is 2.57 bits per heavy atom. The summed E-state index contributed by atoms with van der Waals surface area (Å²) in [6.45, 7) is 3.69. The van der Waals surface area contributed by atoms with E-state index in [1.165, 1.54) is 0 Å². The molecule has 0 spiro atoms. The van der Waals surface area contributed by atoms with Crippen molar-refractivity contribution in [3.05, 3.63) is 34.9 Å². The zero-order valence-electron chi connectivity index (χ0n) is 15.8. The first kappa shape index (κ1) is 18.8. The second-order valence-electron chi connectivity index (χ2n) is 7.79. The van der Waals surface area contributed by atoms with Crippen LogP contribution in [0.15, 0.2) is 18.2 Å². The average molecular weight is 384 g/mol. The number of fused-ring (bicyclic) bond motifs is 1. The summed E-state index contributed by atoms with van der Waals surface area (Å²) >= 11 is 0. The molecule has 0 radical (unpaired) electrons. The van der Waals surface area contributed by atoms with E-state index in [4.69, 9.17) is 0 Å². The number of hydrogen-bond donors (Lipinski definition) is 3. The van der Waals surface area contributed by atoms with E-state index in [-0.39, 0.29) is 18.7 Å². The number of hydrogen-bond acceptors (Lipinski definition) is 6. The highest BCUT2D eigenvalue weighted by Gasteiger charge is 2.44. The van der Waals surface area contributed by atoms with Crippen LogP contribution in [-0.2, 0) is 16.1 Å². The van der Waals surface area contributed by atoms with E-state index in [9.17, 15) is 19.2 Å². The molecule has 2 fully saturated rings. The normalized spacial score (nSPS) is 27.8. The zero-order valence-corrected chi connectivity index (χ0v) is 15.8. The molecule has 1 aromatic rings. The SMILES string of the molecule is CC1CCC(NCc2ccc3c(c2)C(=O)N(C2CCC(=O)NC2=O)C3=O)CN1. The number of nitrogens with zero attached hydrogens (tertiary/aromatic N) is 1.